The van der Waals surface area contributed by atoms with Crippen LogP contribution in [0.15, 0.2) is 0 Å². The highest BCUT2D eigenvalue weighted by Crippen LogP contribution is 2.18. The smallest absolute Gasteiger partial charge is 0.305 e. The predicted molar refractivity (Wildman–Crippen MR) is 133 cm³/mol. The largest absolute Gasteiger partial charge is 0.465 e. The molecule has 0 aromatic carbocycles. The summed E-state index contributed by atoms with van der Waals surface area (Å²) >= 11 is 0. The Balaban J connectivity index is 3.41. The maximum atomic E-state index is 12.0. The Hall–Kier alpha value is -0.530. The van der Waals surface area contributed by atoms with Crippen LogP contribution < -0.4 is 0 Å². The number of esters is 1. The summed E-state index contributed by atoms with van der Waals surface area (Å²) in [7, 11) is 0. The summed E-state index contributed by atoms with van der Waals surface area (Å²) < 4.78 is 5.57. The zero-order chi connectivity index (χ0) is 22.5. The van der Waals surface area contributed by atoms with Crippen molar-refractivity contribution in [2.45, 2.75) is 150 Å². The van der Waals surface area contributed by atoms with Gasteiger partial charge in [-0.1, -0.05) is 125 Å². The van der Waals surface area contributed by atoms with Crippen LogP contribution in [0.1, 0.15) is 150 Å². The SMILES string of the molecule is CCCC(CCC(C)C)COC(=O)CCCCCCCCCCCCCCC(C)C. The molecule has 0 N–H and O–H groups in total. The molecule has 2 nitrogen and oxygen atoms in total. The first-order chi connectivity index (χ1) is 14.5. The minimum atomic E-state index is 0.0223. The van der Waals surface area contributed by atoms with E-state index >= 15 is 0 Å². The number of unbranched alkanes of at least 4 members (excludes halogenated alkanes) is 11. The predicted octanol–water partition coefficient (Wildman–Crippen LogP) is 9.50. The Morgan fingerprint density at radius 2 is 1.07 bits per heavy atom. The molecule has 180 valence electrons. The summed E-state index contributed by atoms with van der Waals surface area (Å²) in [6.07, 6.45) is 22.9. The van der Waals surface area contributed by atoms with Crippen molar-refractivity contribution in [2.75, 3.05) is 6.61 Å². The number of rotatable bonds is 22. The summed E-state index contributed by atoms with van der Waals surface area (Å²) in [5, 5.41) is 0. The van der Waals surface area contributed by atoms with Gasteiger partial charge in [-0.25, -0.2) is 0 Å². The molecule has 0 aromatic heterocycles. The molecule has 1 unspecified atom stereocenters. The van der Waals surface area contributed by atoms with Crippen LogP contribution in [0.4, 0.5) is 0 Å². The van der Waals surface area contributed by atoms with E-state index in [-0.39, 0.29) is 5.97 Å². The molecule has 0 rings (SSSR count). The molecule has 0 aliphatic carbocycles. The number of carbonyl (C=O) groups is 1. The molecule has 0 aliphatic heterocycles. The fourth-order valence-electron chi connectivity index (χ4n) is 4.16. The van der Waals surface area contributed by atoms with E-state index in [0.29, 0.717) is 18.9 Å². The third-order valence-electron chi connectivity index (χ3n) is 6.24. The number of carbonyl (C=O) groups excluding carboxylic acids is 1. The van der Waals surface area contributed by atoms with Crippen molar-refractivity contribution in [2.24, 2.45) is 17.8 Å². The van der Waals surface area contributed by atoms with Gasteiger partial charge in [-0.05, 0) is 37.0 Å². The van der Waals surface area contributed by atoms with Gasteiger partial charge in [0, 0.05) is 6.42 Å². The summed E-state index contributed by atoms with van der Waals surface area (Å²) in [4.78, 5) is 12.0. The van der Waals surface area contributed by atoms with Gasteiger partial charge in [0.15, 0.2) is 0 Å². The lowest BCUT2D eigenvalue weighted by atomic mass is 9.95. The molecule has 0 aromatic rings. The molecule has 0 bridgehead atoms. The van der Waals surface area contributed by atoms with Crippen LogP contribution in [-0.2, 0) is 9.53 Å². The van der Waals surface area contributed by atoms with E-state index in [9.17, 15) is 4.79 Å². The average Bonchev–Trinajstić information content (AvgIpc) is 2.70. The molecule has 0 radical (unpaired) electrons. The zero-order valence-electron chi connectivity index (χ0n) is 21.5. The Bertz CT molecular complexity index is 362. The molecule has 0 spiro atoms. The fraction of sp³-hybridized carbons (Fsp3) is 0.964. The number of hydrogen-bond donors (Lipinski definition) is 0. The van der Waals surface area contributed by atoms with Gasteiger partial charge in [-0.15, -0.1) is 0 Å². The second-order valence-corrected chi connectivity index (χ2v) is 10.5. The maximum absolute atomic E-state index is 12.0. The van der Waals surface area contributed by atoms with Crippen LogP contribution in [-0.4, -0.2) is 12.6 Å². The van der Waals surface area contributed by atoms with Gasteiger partial charge in [0.25, 0.3) is 0 Å². The third kappa shape index (κ3) is 22.2. The lowest BCUT2D eigenvalue weighted by Gasteiger charge is -2.17. The molecule has 30 heavy (non-hydrogen) atoms. The lowest BCUT2D eigenvalue weighted by Crippen LogP contribution is -2.15. The second-order valence-electron chi connectivity index (χ2n) is 10.5. The van der Waals surface area contributed by atoms with E-state index in [1.807, 2.05) is 0 Å². The molecule has 0 saturated carbocycles. The highest BCUT2D eigenvalue weighted by Gasteiger charge is 2.12. The van der Waals surface area contributed by atoms with Crippen LogP contribution in [0.3, 0.4) is 0 Å². The molecule has 0 aliphatic rings. The molecule has 1 atom stereocenters. The minimum Gasteiger partial charge on any atom is -0.465 e. The van der Waals surface area contributed by atoms with Gasteiger partial charge in [0.2, 0.25) is 0 Å². The van der Waals surface area contributed by atoms with Gasteiger partial charge >= 0.3 is 5.97 Å². The maximum Gasteiger partial charge on any atom is 0.305 e. The molecule has 2 heteroatoms. The Labute approximate surface area is 190 Å². The normalized spacial score (nSPS) is 12.6. The lowest BCUT2D eigenvalue weighted by molar-refractivity contribution is -0.145. The minimum absolute atomic E-state index is 0.0223. The van der Waals surface area contributed by atoms with Crippen LogP contribution in [0, 0.1) is 17.8 Å². The number of ether oxygens (including phenoxy) is 1. The van der Waals surface area contributed by atoms with Crippen LogP contribution in [0.25, 0.3) is 0 Å². The van der Waals surface area contributed by atoms with Gasteiger partial charge in [0.1, 0.15) is 0 Å². The van der Waals surface area contributed by atoms with Crippen LogP contribution in [0.2, 0.25) is 0 Å². The Morgan fingerprint density at radius 1 is 0.600 bits per heavy atom. The van der Waals surface area contributed by atoms with Gasteiger partial charge in [-0.3, -0.25) is 4.79 Å². The molecule has 0 heterocycles. The number of hydrogen-bond acceptors (Lipinski definition) is 2. The molecule has 0 amide bonds. The van der Waals surface area contributed by atoms with Gasteiger partial charge in [-0.2, -0.15) is 0 Å². The van der Waals surface area contributed by atoms with Crippen LogP contribution in [0.5, 0.6) is 0 Å². The zero-order valence-corrected chi connectivity index (χ0v) is 21.5. The molecular weight excluding hydrogens is 368 g/mol. The molecule has 0 fully saturated rings. The van der Waals surface area contributed by atoms with Crippen molar-refractivity contribution in [3.63, 3.8) is 0 Å². The van der Waals surface area contributed by atoms with E-state index in [1.165, 1.54) is 103 Å². The van der Waals surface area contributed by atoms with Crippen molar-refractivity contribution in [1.82, 2.24) is 0 Å². The van der Waals surface area contributed by atoms with E-state index in [2.05, 4.69) is 34.6 Å². The van der Waals surface area contributed by atoms with Crippen molar-refractivity contribution in [3.8, 4) is 0 Å². The van der Waals surface area contributed by atoms with E-state index in [1.54, 1.807) is 0 Å². The quantitative estimate of drug-likeness (QED) is 0.128. The molecular formula is C28H56O2. The van der Waals surface area contributed by atoms with E-state index in [4.69, 9.17) is 4.74 Å². The Kier molecular flexibility index (Phi) is 21.3. The van der Waals surface area contributed by atoms with Crippen molar-refractivity contribution in [3.05, 3.63) is 0 Å². The van der Waals surface area contributed by atoms with Crippen LogP contribution >= 0.6 is 0 Å². The van der Waals surface area contributed by atoms with Gasteiger partial charge < -0.3 is 4.74 Å². The molecule has 0 saturated heterocycles. The average molecular weight is 425 g/mol. The highest BCUT2D eigenvalue weighted by atomic mass is 16.5. The Morgan fingerprint density at radius 3 is 1.53 bits per heavy atom. The standard InChI is InChI=1S/C28H56O2/c1-6-19-27(23-22-26(4)5)24-30-28(29)21-18-16-14-12-10-8-7-9-11-13-15-17-20-25(2)3/h25-27H,6-24H2,1-5H3. The summed E-state index contributed by atoms with van der Waals surface area (Å²) in [5.41, 5.74) is 0. The fourth-order valence-corrected chi connectivity index (χ4v) is 4.16. The van der Waals surface area contributed by atoms with E-state index < -0.39 is 0 Å². The van der Waals surface area contributed by atoms with Crippen molar-refractivity contribution in [1.29, 1.82) is 0 Å². The van der Waals surface area contributed by atoms with Crippen molar-refractivity contribution < 1.29 is 9.53 Å². The highest BCUT2D eigenvalue weighted by molar-refractivity contribution is 5.69. The summed E-state index contributed by atoms with van der Waals surface area (Å²) in [6, 6.07) is 0. The first-order valence-corrected chi connectivity index (χ1v) is 13.6. The monoisotopic (exact) mass is 424 g/mol. The summed E-state index contributed by atoms with van der Waals surface area (Å²) in [6.45, 7) is 12.0. The topological polar surface area (TPSA) is 26.3 Å². The van der Waals surface area contributed by atoms with E-state index in [0.717, 1.165) is 18.3 Å². The summed E-state index contributed by atoms with van der Waals surface area (Å²) in [5.74, 6) is 2.18. The first-order valence-electron chi connectivity index (χ1n) is 13.6. The third-order valence-corrected chi connectivity index (χ3v) is 6.24. The van der Waals surface area contributed by atoms with Gasteiger partial charge in [0.05, 0.1) is 6.61 Å². The second kappa shape index (κ2) is 21.7. The first kappa shape index (κ1) is 29.5. The van der Waals surface area contributed by atoms with Crippen molar-refractivity contribution >= 4 is 5.97 Å².